The molecule has 0 aromatic carbocycles. The van der Waals surface area contributed by atoms with Crippen LogP contribution in [0.1, 0.15) is 31.1 Å². The molecule has 0 spiro atoms. The van der Waals surface area contributed by atoms with Crippen LogP contribution in [0.5, 0.6) is 5.75 Å². The summed E-state index contributed by atoms with van der Waals surface area (Å²) in [5.41, 5.74) is -0.665. The molecule has 124 valence electrons. The van der Waals surface area contributed by atoms with Crippen molar-refractivity contribution in [2.24, 2.45) is 0 Å². The molecule has 0 aliphatic carbocycles. The van der Waals surface area contributed by atoms with Crippen molar-refractivity contribution < 1.29 is 24.2 Å². The molecule has 2 rings (SSSR count). The fourth-order valence-electron chi connectivity index (χ4n) is 1.96. The highest BCUT2D eigenvalue weighted by molar-refractivity contribution is 9.10. The van der Waals surface area contributed by atoms with Gasteiger partial charge >= 0.3 is 12.1 Å². The summed E-state index contributed by atoms with van der Waals surface area (Å²) in [7, 11) is 1.42. The number of hydrogen-bond donors (Lipinski definition) is 2. The number of hydrogen-bond acceptors (Lipinski definition) is 5. The lowest BCUT2D eigenvalue weighted by molar-refractivity contribution is 0.0635. The van der Waals surface area contributed by atoms with Gasteiger partial charge in [0.05, 0.1) is 7.11 Å². The lowest BCUT2D eigenvalue weighted by Crippen LogP contribution is -2.27. The minimum Gasteiger partial charge on any atom is -0.494 e. The number of nitrogens with one attached hydrogen (secondary N) is 1. The number of aromatic nitrogens is 2. The number of rotatable bonds is 3. The number of amides is 1. The maximum absolute atomic E-state index is 11.9. The van der Waals surface area contributed by atoms with Crippen molar-refractivity contribution in [2.45, 2.75) is 26.4 Å². The average Bonchev–Trinajstić information content (AvgIpc) is 2.72. The molecule has 0 saturated carbocycles. The van der Waals surface area contributed by atoms with E-state index < -0.39 is 17.7 Å². The lowest BCUT2D eigenvalue weighted by atomic mass is 10.2. The molecule has 23 heavy (non-hydrogen) atoms. The Kier molecular flexibility index (Phi) is 4.51. The zero-order valence-electron chi connectivity index (χ0n) is 13.0. The van der Waals surface area contributed by atoms with E-state index in [-0.39, 0.29) is 16.9 Å². The third-order valence-corrected chi connectivity index (χ3v) is 3.15. The summed E-state index contributed by atoms with van der Waals surface area (Å²) in [6.45, 7) is 5.11. The number of methoxy groups -OCH3 is 1. The van der Waals surface area contributed by atoms with Crippen molar-refractivity contribution in [1.82, 2.24) is 9.61 Å². The van der Waals surface area contributed by atoms with Gasteiger partial charge in [0.1, 0.15) is 22.4 Å². The number of halogens is 1. The largest absolute Gasteiger partial charge is 0.494 e. The fourth-order valence-corrected chi connectivity index (χ4v) is 2.36. The quantitative estimate of drug-likeness (QED) is 0.840. The first-order valence-corrected chi connectivity index (χ1v) is 7.41. The van der Waals surface area contributed by atoms with E-state index in [0.29, 0.717) is 10.2 Å². The molecule has 0 saturated heterocycles. The SMILES string of the molecule is COc1cc(Br)cn2nc(NC(=O)OC(C)(C)C)c(C(=O)O)c12. The molecule has 0 atom stereocenters. The number of nitrogens with zero attached hydrogens (tertiary/aromatic N) is 2. The van der Waals surface area contributed by atoms with E-state index in [9.17, 15) is 14.7 Å². The molecule has 0 aliphatic heterocycles. The van der Waals surface area contributed by atoms with E-state index >= 15 is 0 Å². The normalized spacial score (nSPS) is 11.3. The number of ether oxygens (including phenoxy) is 2. The van der Waals surface area contributed by atoms with E-state index in [2.05, 4.69) is 26.3 Å². The molecule has 0 unspecified atom stereocenters. The summed E-state index contributed by atoms with van der Waals surface area (Å²) in [5.74, 6) is -1.06. The molecule has 0 bridgehead atoms. The summed E-state index contributed by atoms with van der Waals surface area (Å²) in [6.07, 6.45) is 0.770. The van der Waals surface area contributed by atoms with E-state index in [1.807, 2.05) is 0 Å². The van der Waals surface area contributed by atoms with Gasteiger partial charge in [-0.15, -0.1) is 5.10 Å². The van der Waals surface area contributed by atoms with Gasteiger partial charge in [-0.1, -0.05) is 0 Å². The molecule has 0 radical (unpaired) electrons. The van der Waals surface area contributed by atoms with Crippen molar-refractivity contribution in [3.05, 3.63) is 22.3 Å². The zero-order chi connectivity index (χ0) is 17.4. The number of anilines is 1. The van der Waals surface area contributed by atoms with E-state index in [0.717, 1.165) is 0 Å². The third kappa shape index (κ3) is 3.73. The van der Waals surface area contributed by atoms with Gasteiger partial charge in [0.2, 0.25) is 0 Å². The van der Waals surface area contributed by atoms with Gasteiger partial charge in [0, 0.05) is 10.7 Å². The topological polar surface area (TPSA) is 102 Å². The van der Waals surface area contributed by atoms with E-state index in [4.69, 9.17) is 9.47 Å². The number of carboxylic acid groups (broad SMARTS) is 1. The molecular weight excluding hydrogens is 370 g/mol. The maximum atomic E-state index is 11.9. The Bertz CT molecular complexity index is 779. The van der Waals surface area contributed by atoms with Gasteiger partial charge in [0.15, 0.2) is 5.82 Å². The van der Waals surface area contributed by atoms with E-state index in [1.165, 1.54) is 11.6 Å². The third-order valence-electron chi connectivity index (χ3n) is 2.71. The summed E-state index contributed by atoms with van der Waals surface area (Å²) >= 11 is 3.29. The minimum absolute atomic E-state index is 0.122. The highest BCUT2D eigenvalue weighted by Gasteiger charge is 2.26. The van der Waals surface area contributed by atoms with Crippen LogP contribution in [0.4, 0.5) is 10.6 Å². The highest BCUT2D eigenvalue weighted by atomic mass is 79.9. The number of carbonyl (C=O) groups is 2. The monoisotopic (exact) mass is 385 g/mol. The predicted molar refractivity (Wildman–Crippen MR) is 86.3 cm³/mol. The Balaban J connectivity index is 2.54. The van der Waals surface area contributed by atoms with Gasteiger partial charge < -0.3 is 14.6 Å². The van der Waals surface area contributed by atoms with Crippen LogP contribution in [-0.2, 0) is 4.74 Å². The lowest BCUT2D eigenvalue weighted by Gasteiger charge is -2.19. The van der Waals surface area contributed by atoms with Crippen LogP contribution in [0.3, 0.4) is 0 Å². The first-order valence-electron chi connectivity index (χ1n) is 6.61. The molecule has 2 N–H and O–H groups in total. The van der Waals surface area contributed by atoms with Crippen molar-refractivity contribution in [1.29, 1.82) is 0 Å². The van der Waals surface area contributed by atoms with Crippen LogP contribution in [0.25, 0.3) is 5.52 Å². The molecule has 2 aromatic rings. The number of pyridine rings is 1. The Hall–Kier alpha value is -2.29. The molecule has 2 aromatic heterocycles. The van der Waals surface area contributed by atoms with Gasteiger partial charge in [-0.05, 0) is 42.8 Å². The van der Waals surface area contributed by atoms with Gasteiger partial charge in [-0.3, -0.25) is 5.32 Å². The number of carboxylic acids is 1. The van der Waals surface area contributed by atoms with Crippen LogP contribution in [0, 0.1) is 0 Å². The number of fused-ring (bicyclic) bond motifs is 1. The van der Waals surface area contributed by atoms with Crippen molar-refractivity contribution in [3.8, 4) is 5.75 Å². The minimum atomic E-state index is -1.24. The standard InChI is InChI=1S/C14H16BrN3O5/c1-14(2,3)23-13(21)16-11-9(12(19)20)10-8(22-4)5-7(15)6-18(10)17-11/h5-6H,1-4H3,(H,19,20)(H,16,17,21). The van der Waals surface area contributed by atoms with Crippen LogP contribution in [-0.4, -0.2) is 39.5 Å². The predicted octanol–water partition coefficient (Wildman–Crippen LogP) is 3.15. The second-order valence-corrected chi connectivity index (χ2v) is 6.59. The van der Waals surface area contributed by atoms with Crippen LogP contribution in [0.2, 0.25) is 0 Å². The summed E-state index contributed by atoms with van der Waals surface area (Å²) in [5, 5.41) is 15.9. The van der Waals surface area contributed by atoms with E-state index in [1.54, 1.807) is 33.0 Å². The second-order valence-electron chi connectivity index (χ2n) is 5.68. The Morgan fingerprint density at radius 2 is 2.04 bits per heavy atom. The number of aromatic carboxylic acids is 1. The van der Waals surface area contributed by atoms with Crippen LogP contribution < -0.4 is 10.1 Å². The molecule has 9 heteroatoms. The Morgan fingerprint density at radius 3 is 2.57 bits per heavy atom. The average molecular weight is 386 g/mol. The van der Waals surface area contributed by atoms with Gasteiger partial charge in [-0.2, -0.15) is 0 Å². The van der Waals surface area contributed by atoms with Crippen molar-refractivity contribution >= 4 is 39.3 Å². The first kappa shape index (κ1) is 17.1. The molecule has 0 aliphatic rings. The zero-order valence-corrected chi connectivity index (χ0v) is 14.6. The Morgan fingerprint density at radius 1 is 1.39 bits per heavy atom. The van der Waals surface area contributed by atoms with Crippen molar-refractivity contribution in [3.63, 3.8) is 0 Å². The maximum Gasteiger partial charge on any atom is 0.413 e. The molecule has 1 amide bonds. The highest BCUT2D eigenvalue weighted by Crippen LogP contribution is 2.31. The number of carbonyl (C=O) groups excluding carboxylic acids is 1. The molecule has 0 fully saturated rings. The van der Waals surface area contributed by atoms with Crippen LogP contribution >= 0.6 is 15.9 Å². The van der Waals surface area contributed by atoms with Crippen molar-refractivity contribution in [2.75, 3.05) is 12.4 Å². The Labute approximate surface area is 140 Å². The summed E-state index contributed by atoms with van der Waals surface area (Å²) in [4.78, 5) is 23.5. The fraction of sp³-hybridized carbons (Fsp3) is 0.357. The smallest absolute Gasteiger partial charge is 0.413 e. The van der Waals surface area contributed by atoms with Crippen LogP contribution in [0.15, 0.2) is 16.7 Å². The summed E-state index contributed by atoms with van der Waals surface area (Å²) in [6, 6.07) is 1.61. The van der Waals surface area contributed by atoms with Gasteiger partial charge in [-0.25, -0.2) is 14.1 Å². The first-order chi connectivity index (χ1) is 10.6. The summed E-state index contributed by atoms with van der Waals surface area (Å²) < 4.78 is 12.3. The molecular formula is C14H16BrN3O5. The second kappa shape index (κ2) is 6.07. The molecule has 2 heterocycles. The molecule has 8 nitrogen and oxygen atoms in total. The van der Waals surface area contributed by atoms with Gasteiger partial charge in [0.25, 0.3) is 0 Å².